The van der Waals surface area contributed by atoms with Crippen LogP contribution in [0.1, 0.15) is 23.1 Å². The average Bonchev–Trinajstić information content (AvgIpc) is 3.46. The van der Waals surface area contributed by atoms with Crippen LogP contribution in [0.25, 0.3) is 61.3 Å². The third kappa shape index (κ3) is 4.49. The molecule has 0 atom stereocenters. The van der Waals surface area contributed by atoms with Crippen molar-refractivity contribution in [3.05, 3.63) is 168 Å². The largest absolute Gasteiger partial charge is 0.292 e. The van der Waals surface area contributed by atoms with Gasteiger partial charge >= 0.3 is 0 Å². The fraction of sp³-hybridized carbons (Fsp3) is 0.0488. The van der Waals surface area contributed by atoms with Crippen LogP contribution < -0.4 is 0 Å². The number of nitrogens with zero attached hydrogens (tertiary/aromatic N) is 2. The molecule has 1 aromatic heterocycles. The van der Waals surface area contributed by atoms with Crippen LogP contribution in [-0.4, -0.2) is 9.55 Å². The van der Waals surface area contributed by atoms with Gasteiger partial charge in [-0.15, -0.1) is 0 Å². The van der Waals surface area contributed by atoms with Crippen molar-refractivity contribution in [3.8, 4) is 17.1 Å². The molecule has 0 fully saturated rings. The zero-order valence-electron chi connectivity index (χ0n) is 23.8. The van der Waals surface area contributed by atoms with Gasteiger partial charge in [0.05, 0.1) is 16.7 Å². The van der Waals surface area contributed by atoms with E-state index in [0.29, 0.717) is 0 Å². The fourth-order valence-corrected chi connectivity index (χ4v) is 6.50. The van der Waals surface area contributed by atoms with Crippen LogP contribution in [-0.2, 0) is 6.42 Å². The minimum absolute atomic E-state index is 0.850. The molecule has 1 heterocycles. The van der Waals surface area contributed by atoms with Crippen molar-refractivity contribution in [2.24, 2.45) is 0 Å². The van der Waals surface area contributed by atoms with E-state index in [9.17, 15) is 0 Å². The quantitative estimate of drug-likeness (QED) is 0.214. The Morgan fingerprint density at radius 1 is 0.558 bits per heavy atom. The van der Waals surface area contributed by atoms with Crippen molar-refractivity contribution in [1.29, 1.82) is 0 Å². The van der Waals surface area contributed by atoms with Gasteiger partial charge in [-0.2, -0.15) is 0 Å². The Morgan fingerprint density at radius 3 is 2.16 bits per heavy atom. The molecule has 1 aliphatic rings. The Kier molecular flexibility index (Phi) is 6.31. The van der Waals surface area contributed by atoms with Gasteiger partial charge in [0.2, 0.25) is 0 Å². The van der Waals surface area contributed by atoms with E-state index in [0.717, 1.165) is 41.0 Å². The van der Waals surface area contributed by atoms with E-state index in [1.165, 1.54) is 43.8 Å². The monoisotopic (exact) mass is 550 g/mol. The third-order valence-electron chi connectivity index (χ3n) is 8.53. The van der Waals surface area contributed by atoms with Crippen LogP contribution in [0.5, 0.6) is 0 Å². The van der Waals surface area contributed by atoms with Crippen molar-refractivity contribution in [2.45, 2.75) is 12.8 Å². The summed E-state index contributed by atoms with van der Waals surface area (Å²) in [6.07, 6.45) is 13.1. The molecule has 0 aliphatic heterocycles. The van der Waals surface area contributed by atoms with Crippen molar-refractivity contribution in [3.63, 3.8) is 0 Å². The Morgan fingerprint density at radius 2 is 1.28 bits per heavy atom. The predicted molar refractivity (Wildman–Crippen MR) is 182 cm³/mol. The molecule has 7 aromatic rings. The van der Waals surface area contributed by atoms with Crippen LogP contribution in [0.4, 0.5) is 0 Å². The molecule has 0 bridgehead atoms. The van der Waals surface area contributed by atoms with Crippen LogP contribution >= 0.6 is 0 Å². The molecule has 0 unspecified atom stereocenters. The van der Waals surface area contributed by atoms with E-state index >= 15 is 0 Å². The van der Waals surface area contributed by atoms with Crippen molar-refractivity contribution in [2.75, 3.05) is 0 Å². The second kappa shape index (κ2) is 10.7. The molecule has 43 heavy (non-hydrogen) atoms. The predicted octanol–water partition coefficient (Wildman–Crippen LogP) is 10.6. The molecular weight excluding hydrogens is 520 g/mol. The lowest BCUT2D eigenvalue weighted by molar-refractivity contribution is 1.11. The highest BCUT2D eigenvalue weighted by molar-refractivity contribution is 6.03. The first-order valence-corrected chi connectivity index (χ1v) is 14.9. The van der Waals surface area contributed by atoms with Gasteiger partial charge in [-0.3, -0.25) is 4.57 Å². The highest BCUT2D eigenvalue weighted by atomic mass is 15.1. The maximum absolute atomic E-state index is 5.11. The second-order valence-electron chi connectivity index (χ2n) is 11.1. The number of hydrogen-bond donors (Lipinski definition) is 0. The normalized spacial score (nSPS) is 16.0. The first-order chi connectivity index (χ1) is 21.3. The minimum atomic E-state index is 0.850. The summed E-state index contributed by atoms with van der Waals surface area (Å²) in [7, 11) is 0. The molecule has 0 N–H and O–H groups in total. The first kappa shape index (κ1) is 25.3. The molecule has 1 aliphatic carbocycles. The molecule has 204 valence electrons. The first-order valence-electron chi connectivity index (χ1n) is 14.9. The van der Waals surface area contributed by atoms with Gasteiger partial charge in [-0.25, -0.2) is 4.98 Å². The Bertz CT molecular complexity index is 2230. The summed E-state index contributed by atoms with van der Waals surface area (Å²) in [5, 5.41) is 5.06. The molecule has 0 amide bonds. The average molecular weight is 551 g/mol. The summed E-state index contributed by atoms with van der Waals surface area (Å²) >= 11 is 0. The van der Waals surface area contributed by atoms with Crippen molar-refractivity contribution >= 4 is 44.2 Å². The lowest BCUT2D eigenvalue weighted by atomic mass is 9.90. The second-order valence-corrected chi connectivity index (χ2v) is 11.1. The zero-order chi connectivity index (χ0) is 28.6. The summed E-state index contributed by atoms with van der Waals surface area (Å²) in [6.45, 7) is 0. The minimum Gasteiger partial charge on any atom is -0.292 e. The van der Waals surface area contributed by atoms with Gasteiger partial charge in [0, 0.05) is 10.9 Å². The number of aromatic nitrogens is 2. The maximum Gasteiger partial charge on any atom is 0.145 e. The highest BCUT2D eigenvalue weighted by Crippen LogP contribution is 2.37. The number of hydrogen-bond acceptors (Lipinski definition) is 1. The van der Waals surface area contributed by atoms with E-state index in [2.05, 4.69) is 162 Å². The van der Waals surface area contributed by atoms with Gasteiger partial charge < -0.3 is 0 Å². The Hall–Kier alpha value is -5.47. The number of imidazole rings is 1. The molecule has 0 saturated heterocycles. The summed E-state index contributed by atoms with van der Waals surface area (Å²) in [4.78, 5) is 5.11. The van der Waals surface area contributed by atoms with E-state index < -0.39 is 0 Å². The van der Waals surface area contributed by atoms with Crippen molar-refractivity contribution < 1.29 is 0 Å². The van der Waals surface area contributed by atoms with E-state index in [1.807, 2.05) is 0 Å². The third-order valence-corrected chi connectivity index (χ3v) is 8.53. The number of rotatable bonds is 3. The van der Waals surface area contributed by atoms with Gasteiger partial charge in [0.1, 0.15) is 5.82 Å². The topological polar surface area (TPSA) is 17.8 Å². The fourth-order valence-electron chi connectivity index (χ4n) is 6.50. The van der Waals surface area contributed by atoms with Gasteiger partial charge in [-0.05, 0) is 69.5 Å². The van der Waals surface area contributed by atoms with Gasteiger partial charge in [0.25, 0.3) is 0 Å². The standard InChI is InChI=1S/C41H30N2/c1-2-7-18-34-32(25-24-29-14-8-9-19-33(29)34)28-31(17-4-1)35-26-27-39(37-21-11-10-20-36(35)37)43-40-23-13-12-22-38(40)42-41(43)30-15-5-3-6-16-30/h1-16,19-28H,17-18H2/b4-1-,7-2-,31-28+. The van der Waals surface area contributed by atoms with E-state index in [-0.39, 0.29) is 0 Å². The van der Waals surface area contributed by atoms with Crippen molar-refractivity contribution in [1.82, 2.24) is 9.55 Å². The molecule has 2 nitrogen and oxygen atoms in total. The Labute approximate surface area is 251 Å². The number of para-hydroxylation sites is 2. The van der Waals surface area contributed by atoms with Crippen LogP contribution in [0.2, 0.25) is 0 Å². The maximum atomic E-state index is 5.11. The van der Waals surface area contributed by atoms with E-state index in [1.54, 1.807) is 0 Å². The van der Waals surface area contributed by atoms with Crippen LogP contribution in [0.3, 0.4) is 0 Å². The van der Waals surface area contributed by atoms with Gasteiger partial charge in [-0.1, -0.05) is 140 Å². The molecule has 0 radical (unpaired) electrons. The SMILES string of the molecule is C1=C\C/C(c2ccc(-n3c(-c4ccccc4)nc4ccccc43)c3ccccc23)=C\c2ccc3ccccc3c2C\C=C/1. The molecule has 2 heteroatoms. The summed E-state index contributed by atoms with van der Waals surface area (Å²) < 4.78 is 2.32. The summed E-state index contributed by atoms with van der Waals surface area (Å²) in [5.41, 5.74) is 9.57. The lowest BCUT2D eigenvalue weighted by Crippen LogP contribution is -2.00. The van der Waals surface area contributed by atoms with Crippen LogP contribution in [0, 0.1) is 0 Å². The van der Waals surface area contributed by atoms with Gasteiger partial charge in [0.15, 0.2) is 0 Å². The smallest absolute Gasteiger partial charge is 0.145 e. The summed E-state index contributed by atoms with van der Waals surface area (Å²) in [5.74, 6) is 0.952. The lowest BCUT2D eigenvalue weighted by Gasteiger charge is -2.17. The number of benzene rings is 6. The molecule has 0 saturated carbocycles. The van der Waals surface area contributed by atoms with Crippen LogP contribution in [0.15, 0.2) is 152 Å². The van der Waals surface area contributed by atoms with E-state index in [4.69, 9.17) is 4.98 Å². The molecule has 6 aromatic carbocycles. The number of fused-ring (bicyclic) bond motifs is 5. The highest BCUT2D eigenvalue weighted by Gasteiger charge is 2.18. The zero-order valence-corrected chi connectivity index (χ0v) is 23.8. The molecule has 0 spiro atoms. The number of allylic oxidation sites excluding steroid dienone is 5. The summed E-state index contributed by atoms with van der Waals surface area (Å²) in [6, 6.07) is 45.6. The molecule has 8 rings (SSSR count). The Balaban J connectivity index is 1.36. The molecular formula is C41H30N2.